The first kappa shape index (κ1) is 15.4. The molecule has 0 saturated carbocycles. The number of nitrogens with two attached hydrogens (primary N) is 1. The second-order valence-corrected chi connectivity index (χ2v) is 5.25. The van der Waals surface area contributed by atoms with Gasteiger partial charge in [-0.1, -0.05) is 49.4 Å². The van der Waals surface area contributed by atoms with E-state index in [-0.39, 0.29) is 5.92 Å². The summed E-state index contributed by atoms with van der Waals surface area (Å²) in [5.74, 6) is 1.84. The third-order valence-electron chi connectivity index (χ3n) is 3.65. The monoisotopic (exact) mass is 285 g/mol. The van der Waals surface area contributed by atoms with E-state index in [1.165, 1.54) is 0 Å². The van der Waals surface area contributed by atoms with Gasteiger partial charge in [0.05, 0.1) is 7.11 Å². The third kappa shape index (κ3) is 3.56. The van der Waals surface area contributed by atoms with Gasteiger partial charge in [0.25, 0.3) is 0 Å². The topological polar surface area (TPSA) is 44.5 Å². The number of rotatable bonds is 6. The normalized spacial score (nSPS) is 12.0. The maximum atomic E-state index is 6.01. The van der Waals surface area contributed by atoms with Gasteiger partial charge in [-0.2, -0.15) is 0 Å². The van der Waals surface area contributed by atoms with Gasteiger partial charge in [0.2, 0.25) is 0 Å². The van der Waals surface area contributed by atoms with Crippen molar-refractivity contribution >= 4 is 0 Å². The van der Waals surface area contributed by atoms with E-state index >= 15 is 0 Å². The van der Waals surface area contributed by atoms with Crippen molar-refractivity contribution in [1.82, 2.24) is 0 Å². The highest BCUT2D eigenvalue weighted by atomic mass is 16.5. The molecule has 0 radical (unpaired) electrons. The number of aryl methyl sites for hydroxylation is 1. The highest BCUT2D eigenvalue weighted by Gasteiger charge is 2.17. The fourth-order valence-electron chi connectivity index (χ4n) is 2.31. The molecule has 0 amide bonds. The maximum Gasteiger partial charge on any atom is 0.164 e. The summed E-state index contributed by atoms with van der Waals surface area (Å²) in [6.45, 7) is 5.23. The van der Waals surface area contributed by atoms with Crippen LogP contribution in [0.15, 0.2) is 42.5 Å². The Bertz CT molecular complexity index is 581. The fourth-order valence-corrected chi connectivity index (χ4v) is 2.31. The highest BCUT2D eigenvalue weighted by Crippen LogP contribution is 2.38. The second kappa shape index (κ2) is 7.14. The number of ether oxygens (including phenoxy) is 2. The van der Waals surface area contributed by atoms with Crippen LogP contribution < -0.4 is 15.2 Å². The molecule has 1 unspecified atom stereocenters. The molecule has 1 atom stereocenters. The molecule has 0 bridgehead atoms. The van der Waals surface area contributed by atoms with Crippen LogP contribution in [-0.2, 0) is 6.61 Å². The van der Waals surface area contributed by atoms with Crippen LogP contribution in [0.1, 0.15) is 29.5 Å². The predicted molar refractivity (Wildman–Crippen MR) is 86.0 cm³/mol. The fraction of sp³-hybridized carbons (Fsp3) is 0.333. The van der Waals surface area contributed by atoms with Crippen LogP contribution in [-0.4, -0.2) is 13.7 Å². The van der Waals surface area contributed by atoms with Crippen molar-refractivity contribution < 1.29 is 9.47 Å². The summed E-state index contributed by atoms with van der Waals surface area (Å²) in [7, 11) is 1.68. The minimum Gasteiger partial charge on any atom is -0.493 e. The van der Waals surface area contributed by atoms with E-state index in [1.807, 2.05) is 37.3 Å². The standard InChI is InChI=1S/C18H23NO2/c1-13-9-10-16(14(2)11-19)18(20-3)17(13)21-12-15-7-5-4-6-8-15/h4-10,14H,11-12,19H2,1-3H3. The molecular weight excluding hydrogens is 262 g/mol. The van der Waals surface area contributed by atoms with Crippen molar-refractivity contribution in [2.45, 2.75) is 26.4 Å². The number of hydrogen-bond donors (Lipinski definition) is 1. The molecular formula is C18H23NO2. The summed E-state index contributed by atoms with van der Waals surface area (Å²) >= 11 is 0. The average Bonchev–Trinajstić information content (AvgIpc) is 2.53. The summed E-state index contributed by atoms with van der Waals surface area (Å²) in [6.07, 6.45) is 0. The molecule has 2 N–H and O–H groups in total. The Morgan fingerprint density at radius 3 is 2.38 bits per heavy atom. The quantitative estimate of drug-likeness (QED) is 0.881. The van der Waals surface area contributed by atoms with E-state index in [9.17, 15) is 0 Å². The number of benzene rings is 2. The molecule has 0 aliphatic carbocycles. The highest BCUT2D eigenvalue weighted by molar-refractivity contribution is 5.53. The van der Waals surface area contributed by atoms with Crippen molar-refractivity contribution in [2.24, 2.45) is 5.73 Å². The summed E-state index contributed by atoms with van der Waals surface area (Å²) < 4.78 is 11.6. The molecule has 0 fully saturated rings. The molecule has 0 saturated heterocycles. The summed E-state index contributed by atoms with van der Waals surface area (Å²) in [5, 5.41) is 0. The molecule has 0 aliphatic rings. The lowest BCUT2D eigenvalue weighted by Crippen LogP contribution is -2.11. The molecule has 0 aromatic heterocycles. The van der Waals surface area contributed by atoms with Gasteiger partial charge in [-0.3, -0.25) is 0 Å². The van der Waals surface area contributed by atoms with E-state index in [0.717, 1.165) is 28.2 Å². The lowest BCUT2D eigenvalue weighted by molar-refractivity contribution is 0.280. The van der Waals surface area contributed by atoms with Crippen molar-refractivity contribution in [3.05, 3.63) is 59.2 Å². The molecule has 2 rings (SSSR count). The van der Waals surface area contributed by atoms with Crippen LogP contribution in [0.25, 0.3) is 0 Å². The largest absolute Gasteiger partial charge is 0.493 e. The van der Waals surface area contributed by atoms with E-state index in [1.54, 1.807) is 7.11 Å². The zero-order valence-corrected chi connectivity index (χ0v) is 12.9. The first-order chi connectivity index (χ1) is 10.2. The van der Waals surface area contributed by atoms with Crippen LogP contribution in [0.2, 0.25) is 0 Å². The molecule has 112 valence electrons. The first-order valence-electron chi connectivity index (χ1n) is 7.21. The van der Waals surface area contributed by atoms with Crippen molar-refractivity contribution in [1.29, 1.82) is 0 Å². The van der Waals surface area contributed by atoms with Gasteiger partial charge < -0.3 is 15.2 Å². The summed E-state index contributed by atoms with van der Waals surface area (Å²) in [4.78, 5) is 0. The summed E-state index contributed by atoms with van der Waals surface area (Å²) in [5.41, 5.74) is 9.08. The first-order valence-corrected chi connectivity index (χ1v) is 7.21. The minimum atomic E-state index is 0.236. The molecule has 2 aromatic carbocycles. The van der Waals surface area contributed by atoms with Crippen LogP contribution in [0.5, 0.6) is 11.5 Å². The Morgan fingerprint density at radius 1 is 1.05 bits per heavy atom. The maximum absolute atomic E-state index is 6.01. The number of methoxy groups -OCH3 is 1. The van der Waals surface area contributed by atoms with Gasteiger partial charge >= 0.3 is 0 Å². The molecule has 0 heterocycles. The van der Waals surface area contributed by atoms with Crippen molar-refractivity contribution in [3.8, 4) is 11.5 Å². The van der Waals surface area contributed by atoms with Gasteiger partial charge in [-0.05, 0) is 30.5 Å². The van der Waals surface area contributed by atoms with E-state index in [2.05, 4.69) is 19.1 Å². The Hall–Kier alpha value is -2.00. The SMILES string of the molecule is COc1c(C(C)CN)ccc(C)c1OCc1ccccc1. The van der Waals surface area contributed by atoms with Crippen LogP contribution >= 0.6 is 0 Å². The van der Waals surface area contributed by atoms with Crippen LogP contribution in [0.3, 0.4) is 0 Å². The molecule has 3 heteroatoms. The number of hydrogen-bond acceptors (Lipinski definition) is 3. The molecule has 0 spiro atoms. The lowest BCUT2D eigenvalue weighted by atomic mass is 9.98. The van der Waals surface area contributed by atoms with E-state index in [0.29, 0.717) is 13.2 Å². The lowest BCUT2D eigenvalue weighted by Gasteiger charge is -2.19. The van der Waals surface area contributed by atoms with E-state index < -0.39 is 0 Å². The summed E-state index contributed by atoms with van der Waals surface area (Å²) in [6, 6.07) is 14.2. The minimum absolute atomic E-state index is 0.236. The Labute approximate surface area is 126 Å². The smallest absolute Gasteiger partial charge is 0.164 e. The molecule has 0 aliphatic heterocycles. The van der Waals surface area contributed by atoms with Crippen molar-refractivity contribution in [2.75, 3.05) is 13.7 Å². The van der Waals surface area contributed by atoms with Crippen molar-refractivity contribution in [3.63, 3.8) is 0 Å². The molecule has 2 aromatic rings. The zero-order chi connectivity index (χ0) is 15.2. The second-order valence-electron chi connectivity index (χ2n) is 5.25. The predicted octanol–water partition coefficient (Wildman–Crippen LogP) is 3.64. The van der Waals surface area contributed by atoms with Gasteiger partial charge in [-0.15, -0.1) is 0 Å². The average molecular weight is 285 g/mol. The van der Waals surface area contributed by atoms with Crippen LogP contribution in [0, 0.1) is 6.92 Å². The van der Waals surface area contributed by atoms with Gasteiger partial charge in [-0.25, -0.2) is 0 Å². The zero-order valence-electron chi connectivity index (χ0n) is 12.9. The van der Waals surface area contributed by atoms with Gasteiger partial charge in [0.1, 0.15) is 6.61 Å². The Morgan fingerprint density at radius 2 is 1.76 bits per heavy atom. The van der Waals surface area contributed by atoms with Gasteiger partial charge in [0.15, 0.2) is 11.5 Å². The van der Waals surface area contributed by atoms with Gasteiger partial charge in [0, 0.05) is 5.56 Å². The molecule has 21 heavy (non-hydrogen) atoms. The third-order valence-corrected chi connectivity index (χ3v) is 3.65. The van der Waals surface area contributed by atoms with E-state index in [4.69, 9.17) is 15.2 Å². The molecule has 3 nitrogen and oxygen atoms in total. The Balaban J connectivity index is 2.29. The Kier molecular flexibility index (Phi) is 5.23. The van der Waals surface area contributed by atoms with Crippen LogP contribution in [0.4, 0.5) is 0 Å².